The lowest BCUT2D eigenvalue weighted by Crippen LogP contribution is -2.11. The third-order valence-corrected chi connectivity index (χ3v) is 6.09. The maximum Gasteiger partial charge on any atom is 0.255 e. The lowest BCUT2D eigenvalue weighted by atomic mass is 10.2. The van der Waals surface area contributed by atoms with Gasteiger partial charge in [-0.25, -0.2) is 4.98 Å². The molecule has 1 heterocycles. The van der Waals surface area contributed by atoms with Crippen LogP contribution in [-0.2, 0) is 0 Å². The van der Waals surface area contributed by atoms with Crippen molar-refractivity contribution in [3.63, 3.8) is 0 Å². The fraction of sp³-hybridized carbons (Fsp3) is 0. The highest BCUT2D eigenvalue weighted by Gasteiger charge is 2.14. The minimum atomic E-state index is -0.290. The highest BCUT2D eigenvalue weighted by atomic mass is 127. The summed E-state index contributed by atoms with van der Waals surface area (Å²) in [5, 5.41) is 3.56. The minimum Gasteiger partial charge on any atom is -0.436 e. The standard InChI is InChI=1S/C20H10BrCl2IN2O2/c21-14-4-2-11(24)8-13(14)20-26-17-9-12(3-6-18(17)28-20)25-19(27)10-1-5-15(22)16(23)7-10/h1-9H,(H,25,27). The Morgan fingerprint density at radius 1 is 1.04 bits per heavy atom. The molecule has 0 aliphatic heterocycles. The SMILES string of the molecule is O=C(Nc1ccc2oc(-c3cc(I)ccc3Br)nc2c1)c1ccc(Cl)c(Cl)c1. The first-order valence-corrected chi connectivity index (χ1v) is 10.7. The first-order valence-electron chi connectivity index (χ1n) is 8.03. The van der Waals surface area contributed by atoms with Crippen molar-refractivity contribution < 1.29 is 9.21 Å². The van der Waals surface area contributed by atoms with Crippen LogP contribution in [0.4, 0.5) is 5.69 Å². The van der Waals surface area contributed by atoms with Gasteiger partial charge in [0.15, 0.2) is 5.58 Å². The molecule has 0 saturated heterocycles. The topological polar surface area (TPSA) is 55.1 Å². The van der Waals surface area contributed by atoms with Crippen LogP contribution in [-0.4, -0.2) is 10.9 Å². The number of halogens is 4. The number of nitrogens with one attached hydrogen (secondary N) is 1. The maximum atomic E-state index is 12.5. The summed E-state index contributed by atoms with van der Waals surface area (Å²) in [4.78, 5) is 17.0. The van der Waals surface area contributed by atoms with E-state index in [0.717, 1.165) is 13.6 Å². The van der Waals surface area contributed by atoms with Crippen LogP contribution in [0.3, 0.4) is 0 Å². The van der Waals surface area contributed by atoms with Gasteiger partial charge in [0.25, 0.3) is 5.91 Å². The predicted molar refractivity (Wildman–Crippen MR) is 124 cm³/mol. The third-order valence-electron chi connectivity index (χ3n) is 3.99. The molecule has 4 aromatic rings. The van der Waals surface area contributed by atoms with Crippen LogP contribution in [0, 0.1) is 3.57 Å². The molecule has 1 amide bonds. The van der Waals surface area contributed by atoms with Gasteiger partial charge in [-0.05, 0) is 93.1 Å². The molecule has 1 aromatic heterocycles. The fourth-order valence-corrected chi connectivity index (χ4v) is 3.83. The lowest BCUT2D eigenvalue weighted by Gasteiger charge is -2.06. The number of rotatable bonds is 3. The number of nitrogens with zero attached hydrogens (tertiary/aromatic N) is 1. The van der Waals surface area contributed by atoms with Crippen molar-refractivity contribution in [1.82, 2.24) is 4.98 Å². The normalized spacial score (nSPS) is 11.0. The first kappa shape index (κ1) is 19.7. The van der Waals surface area contributed by atoms with Crippen molar-refractivity contribution in [3.05, 3.63) is 78.2 Å². The zero-order chi connectivity index (χ0) is 19.8. The van der Waals surface area contributed by atoms with Crippen LogP contribution in [0.1, 0.15) is 10.4 Å². The Balaban J connectivity index is 1.63. The number of benzene rings is 3. The van der Waals surface area contributed by atoms with E-state index in [4.69, 9.17) is 27.6 Å². The molecule has 28 heavy (non-hydrogen) atoms. The summed E-state index contributed by atoms with van der Waals surface area (Å²) in [7, 11) is 0. The van der Waals surface area contributed by atoms with Crippen molar-refractivity contribution in [1.29, 1.82) is 0 Å². The minimum absolute atomic E-state index is 0.290. The Bertz CT molecular complexity index is 1230. The molecule has 0 atom stereocenters. The second-order valence-corrected chi connectivity index (χ2v) is 8.82. The number of anilines is 1. The van der Waals surface area contributed by atoms with Gasteiger partial charge >= 0.3 is 0 Å². The average Bonchev–Trinajstić information content (AvgIpc) is 3.09. The van der Waals surface area contributed by atoms with Gasteiger partial charge in [-0.15, -0.1) is 0 Å². The molecule has 4 nitrogen and oxygen atoms in total. The molecule has 0 aliphatic carbocycles. The summed E-state index contributed by atoms with van der Waals surface area (Å²) in [5.74, 6) is 0.218. The van der Waals surface area contributed by atoms with E-state index in [1.165, 1.54) is 6.07 Å². The van der Waals surface area contributed by atoms with Crippen molar-refractivity contribution >= 4 is 84.4 Å². The number of carbonyl (C=O) groups excluding carboxylic acids is 1. The van der Waals surface area contributed by atoms with E-state index in [2.05, 4.69) is 48.8 Å². The molecule has 140 valence electrons. The molecule has 0 spiro atoms. The van der Waals surface area contributed by atoms with Gasteiger partial charge in [-0.1, -0.05) is 23.2 Å². The second kappa shape index (κ2) is 8.02. The van der Waals surface area contributed by atoms with Crippen molar-refractivity contribution in [2.75, 3.05) is 5.32 Å². The van der Waals surface area contributed by atoms with Crippen LogP contribution in [0.5, 0.6) is 0 Å². The summed E-state index contributed by atoms with van der Waals surface area (Å²) in [6.07, 6.45) is 0. The Hall–Kier alpha value is -1.61. The average molecular weight is 588 g/mol. The van der Waals surface area contributed by atoms with Gasteiger partial charge in [0, 0.05) is 19.3 Å². The second-order valence-electron chi connectivity index (χ2n) is 5.91. The van der Waals surface area contributed by atoms with E-state index in [0.29, 0.717) is 38.3 Å². The zero-order valence-electron chi connectivity index (χ0n) is 14.0. The van der Waals surface area contributed by atoms with Crippen LogP contribution in [0.15, 0.2) is 63.5 Å². The Morgan fingerprint density at radius 3 is 2.64 bits per heavy atom. The van der Waals surface area contributed by atoms with E-state index in [1.54, 1.807) is 30.3 Å². The monoisotopic (exact) mass is 586 g/mol. The van der Waals surface area contributed by atoms with Crippen LogP contribution in [0.25, 0.3) is 22.6 Å². The molecule has 3 aromatic carbocycles. The molecule has 0 unspecified atom stereocenters. The zero-order valence-corrected chi connectivity index (χ0v) is 19.2. The summed E-state index contributed by atoms with van der Waals surface area (Å²) < 4.78 is 7.85. The summed E-state index contributed by atoms with van der Waals surface area (Å²) in [6.45, 7) is 0. The quantitative estimate of drug-likeness (QED) is 0.254. The van der Waals surface area contributed by atoms with E-state index in [1.807, 2.05) is 18.2 Å². The predicted octanol–water partition coefficient (Wildman–Crippen LogP) is 7.42. The molecule has 0 aliphatic rings. The van der Waals surface area contributed by atoms with E-state index < -0.39 is 0 Å². The maximum absolute atomic E-state index is 12.5. The molecule has 0 saturated carbocycles. The summed E-state index contributed by atoms with van der Waals surface area (Å²) in [5.41, 5.74) is 3.16. The van der Waals surface area contributed by atoms with Crippen molar-refractivity contribution in [2.45, 2.75) is 0 Å². The molecule has 4 rings (SSSR count). The summed E-state index contributed by atoms with van der Waals surface area (Å²) in [6, 6.07) is 16.0. The highest BCUT2D eigenvalue weighted by Crippen LogP contribution is 2.32. The molecule has 0 fully saturated rings. The Kier molecular flexibility index (Phi) is 5.64. The van der Waals surface area contributed by atoms with Gasteiger partial charge in [0.1, 0.15) is 5.52 Å². The largest absolute Gasteiger partial charge is 0.436 e. The number of carbonyl (C=O) groups is 1. The first-order chi connectivity index (χ1) is 13.4. The number of amides is 1. The van der Waals surface area contributed by atoms with Crippen molar-refractivity contribution in [2.24, 2.45) is 0 Å². The molecule has 8 heteroatoms. The lowest BCUT2D eigenvalue weighted by molar-refractivity contribution is 0.102. The van der Waals surface area contributed by atoms with Gasteiger partial charge in [-0.3, -0.25) is 4.79 Å². The van der Waals surface area contributed by atoms with Gasteiger partial charge in [0.05, 0.1) is 15.6 Å². The molecular weight excluding hydrogens is 578 g/mol. The van der Waals surface area contributed by atoms with Crippen LogP contribution in [0.2, 0.25) is 10.0 Å². The van der Waals surface area contributed by atoms with Crippen LogP contribution >= 0.6 is 61.7 Å². The van der Waals surface area contributed by atoms with Crippen LogP contribution < -0.4 is 5.32 Å². The molecule has 0 bridgehead atoms. The number of oxazole rings is 1. The smallest absolute Gasteiger partial charge is 0.255 e. The number of hydrogen-bond donors (Lipinski definition) is 1. The molecule has 0 radical (unpaired) electrons. The number of aromatic nitrogens is 1. The third kappa shape index (κ3) is 4.05. The van der Waals surface area contributed by atoms with Gasteiger partial charge in [-0.2, -0.15) is 0 Å². The fourth-order valence-electron chi connectivity index (χ4n) is 2.62. The number of fused-ring (bicyclic) bond motifs is 1. The van der Waals surface area contributed by atoms with Gasteiger partial charge < -0.3 is 9.73 Å². The van der Waals surface area contributed by atoms with E-state index in [9.17, 15) is 4.79 Å². The Morgan fingerprint density at radius 2 is 1.86 bits per heavy atom. The molecule has 1 N–H and O–H groups in total. The van der Waals surface area contributed by atoms with E-state index in [-0.39, 0.29) is 5.91 Å². The van der Waals surface area contributed by atoms with E-state index >= 15 is 0 Å². The number of hydrogen-bond acceptors (Lipinski definition) is 3. The highest BCUT2D eigenvalue weighted by molar-refractivity contribution is 14.1. The molecular formula is C20H10BrCl2IN2O2. The van der Waals surface area contributed by atoms with Gasteiger partial charge in [0.2, 0.25) is 5.89 Å². The Labute approximate surface area is 192 Å². The summed E-state index contributed by atoms with van der Waals surface area (Å²) >= 11 is 17.7. The van der Waals surface area contributed by atoms with Crippen molar-refractivity contribution in [3.8, 4) is 11.5 Å².